The molecular weight excluding hydrogens is 817 g/mol. The minimum atomic E-state index is -1.31. The standard InChI is InChI=1S/C45H54N6O12/c1-25(43(58)59)46-40(55)34(19-28-13-7-4-8-14-28)49-37(52)31-22-32(38(53)50-35(20-29-15-9-5-10-16-29)41(56)47-26(2)44(60)61)24-33(23-31)39(54)51-36(21-30-17-11-6-12-18-30)42(57)48-27(3)45(62)63/h4-18,25-27,31-36H,19-24H2,1-3H3,(H,46,55)(H,47,56)(H,48,57)(H,49,52)(H,50,53)(H,51,54)(H,58,59)(H,60,61)(H,62,63)/t25-,26-,27-,31?,32?,33?,34?,35?,36?/m0/s1. The molecule has 3 aromatic carbocycles. The fraction of sp³-hybridized carbons (Fsp3) is 0.400. The van der Waals surface area contributed by atoms with Crippen molar-refractivity contribution in [3.8, 4) is 0 Å². The molecule has 336 valence electrons. The molecule has 63 heavy (non-hydrogen) atoms. The van der Waals surface area contributed by atoms with Crippen LogP contribution in [0.3, 0.4) is 0 Å². The molecule has 0 heterocycles. The van der Waals surface area contributed by atoms with Crippen LogP contribution in [0.15, 0.2) is 91.0 Å². The van der Waals surface area contributed by atoms with Gasteiger partial charge >= 0.3 is 17.9 Å². The molecule has 1 aliphatic carbocycles. The summed E-state index contributed by atoms with van der Waals surface area (Å²) in [7, 11) is 0. The third-order valence-corrected chi connectivity index (χ3v) is 10.8. The van der Waals surface area contributed by atoms with Gasteiger partial charge in [0.25, 0.3) is 0 Å². The number of carboxylic acid groups (broad SMARTS) is 3. The van der Waals surface area contributed by atoms with Crippen LogP contribution in [-0.4, -0.2) is 105 Å². The molecule has 3 aromatic rings. The van der Waals surface area contributed by atoms with Gasteiger partial charge in [0, 0.05) is 37.0 Å². The minimum Gasteiger partial charge on any atom is -0.480 e. The molecular formula is C45H54N6O12. The number of hydrogen-bond donors (Lipinski definition) is 9. The highest BCUT2D eigenvalue weighted by atomic mass is 16.4. The molecule has 1 fully saturated rings. The van der Waals surface area contributed by atoms with Gasteiger partial charge in [0.1, 0.15) is 36.3 Å². The Labute approximate surface area is 364 Å². The predicted molar refractivity (Wildman–Crippen MR) is 226 cm³/mol. The summed E-state index contributed by atoms with van der Waals surface area (Å²) in [5.74, 6) is -11.8. The molecule has 9 N–H and O–H groups in total. The van der Waals surface area contributed by atoms with E-state index in [2.05, 4.69) is 31.9 Å². The second kappa shape index (κ2) is 23.2. The molecule has 1 aliphatic rings. The second-order valence-electron chi connectivity index (χ2n) is 15.8. The third-order valence-electron chi connectivity index (χ3n) is 10.8. The van der Waals surface area contributed by atoms with E-state index in [1.165, 1.54) is 20.8 Å². The van der Waals surface area contributed by atoms with Crippen LogP contribution in [0.5, 0.6) is 0 Å². The zero-order valence-corrected chi connectivity index (χ0v) is 35.1. The van der Waals surface area contributed by atoms with Gasteiger partial charge in [0.05, 0.1) is 0 Å². The average molecular weight is 871 g/mol. The summed E-state index contributed by atoms with van der Waals surface area (Å²) in [6, 6.07) is 18.1. The van der Waals surface area contributed by atoms with Gasteiger partial charge in [-0.05, 0) is 56.7 Å². The van der Waals surface area contributed by atoms with E-state index in [4.69, 9.17) is 0 Å². The summed E-state index contributed by atoms with van der Waals surface area (Å²) in [6.07, 6.45) is -0.615. The lowest BCUT2D eigenvalue weighted by molar-refractivity contribution is -0.142. The smallest absolute Gasteiger partial charge is 0.325 e. The topological polar surface area (TPSA) is 286 Å². The molecule has 0 aromatic heterocycles. The highest BCUT2D eigenvalue weighted by Gasteiger charge is 2.42. The van der Waals surface area contributed by atoms with Gasteiger partial charge in [-0.3, -0.25) is 43.2 Å². The van der Waals surface area contributed by atoms with E-state index >= 15 is 0 Å². The Kier molecular flexibility index (Phi) is 17.9. The van der Waals surface area contributed by atoms with Gasteiger partial charge in [0.2, 0.25) is 35.4 Å². The largest absolute Gasteiger partial charge is 0.480 e. The molecule has 18 nitrogen and oxygen atoms in total. The molecule has 1 saturated carbocycles. The van der Waals surface area contributed by atoms with Crippen molar-refractivity contribution in [3.05, 3.63) is 108 Å². The number of nitrogens with one attached hydrogen (secondary N) is 6. The molecule has 18 heteroatoms. The van der Waals surface area contributed by atoms with Crippen molar-refractivity contribution in [2.75, 3.05) is 0 Å². The highest BCUT2D eigenvalue weighted by molar-refractivity contribution is 5.95. The Morgan fingerprint density at radius 3 is 0.841 bits per heavy atom. The van der Waals surface area contributed by atoms with Crippen LogP contribution in [-0.2, 0) is 62.4 Å². The molecule has 0 radical (unpaired) electrons. The quantitative estimate of drug-likeness (QED) is 0.0724. The number of benzene rings is 3. The number of carboxylic acids is 3. The number of aliphatic carboxylic acids is 3. The van der Waals surface area contributed by atoms with Crippen molar-refractivity contribution >= 4 is 53.4 Å². The fourth-order valence-corrected chi connectivity index (χ4v) is 7.13. The molecule has 0 aliphatic heterocycles. The van der Waals surface area contributed by atoms with Crippen molar-refractivity contribution in [1.82, 2.24) is 31.9 Å². The zero-order chi connectivity index (χ0) is 46.2. The van der Waals surface area contributed by atoms with Crippen molar-refractivity contribution in [1.29, 1.82) is 0 Å². The van der Waals surface area contributed by atoms with Crippen molar-refractivity contribution in [2.45, 2.75) is 95.5 Å². The number of hydrogen-bond acceptors (Lipinski definition) is 9. The van der Waals surface area contributed by atoms with Crippen molar-refractivity contribution in [3.63, 3.8) is 0 Å². The number of carbonyl (C=O) groups excluding carboxylic acids is 6. The maximum atomic E-state index is 14.3. The van der Waals surface area contributed by atoms with Crippen LogP contribution in [0.4, 0.5) is 0 Å². The lowest BCUT2D eigenvalue weighted by atomic mass is 9.73. The van der Waals surface area contributed by atoms with E-state index in [1.54, 1.807) is 91.0 Å². The van der Waals surface area contributed by atoms with E-state index in [9.17, 15) is 58.5 Å². The maximum Gasteiger partial charge on any atom is 0.325 e. The van der Waals surface area contributed by atoms with Crippen molar-refractivity contribution in [2.24, 2.45) is 17.8 Å². The van der Waals surface area contributed by atoms with Gasteiger partial charge in [-0.1, -0.05) is 91.0 Å². The van der Waals surface area contributed by atoms with E-state index in [-0.39, 0.29) is 38.5 Å². The molecule has 4 rings (SSSR count). The summed E-state index contributed by atoms with van der Waals surface area (Å²) in [4.78, 5) is 118. The number of rotatable bonds is 21. The first kappa shape index (κ1) is 48.6. The Morgan fingerprint density at radius 2 is 0.635 bits per heavy atom. The SMILES string of the molecule is C[C@H](NC(=O)C(Cc1ccccc1)NC(=O)C1CC(C(=O)NC(Cc2ccccc2)C(=O)N[C@@H](C)C(=O)O)CC(C(=O)NC(Cc2ccccc2)C(=O)N[C@@H](C)C(=O)O)C1)C(=O)O. The maximum absolute atomic E-state index is 14.3. The molecule has 3 unspecified atom stereocenters. The molecule has 0 spiro atoms. The first-order valence-corrected chi connectivity index (χ1v) is 20.5. The fourth-order valence-electron chi connectivity index (χ4n) is 7.13. The van der Waals surface area contributed by atoms with E-state index in [1.807, 2.05) is 0 Å². The summed E-state index contributed by atoms with van der Waals surface area (Å²) in [6.45, 7) is 3.78. The lowest BCUT2D eigenvalue weighted by Gasteiger charge is -2.35. The van der Waals surface area contributed by atoms with Crippen LogP contribution in [0.25, 0.3) is 0 Å². The zero-order valence-electron chi connectivity index (χ0n) is 35.1. The summed E-state index contributed by atoms with van der Waals surface area (Å²) < 4.78 is 0. The summed E-state index contributed by atoms with van der Waals surface area (Å²) in [5.41, 5.74) is 1.91. The summed E-state index contributed by atoms with van der Waals surface area (Å²) >= 11 is 0. The van der Waals surface area contributed by atoms with Gasteiger partial charge in [-0.15, -0.1) is 0 Å². The van der Waals surface area contributed by atoms with E-state index in [0.29, 0.717) is 16.7 Å². The highest BCUT2D eigenvalue weighted by Crippen LogP contribution is 2.35. The number of amides is 6. The van der Waals surface area contributed by atoms with Gasteiger partial charge < -0.3 is 47.2 Å². The monoisotopic (exact) mass is 870 g/mol. The molecule has 0 saturated heterocycles. The summed E-state index contributed by atoms with van der Waals surface area (Å²) in [5, 5.41) is 43.6. The Morgan fingerprint density at radius 1 is 0.413 bits per heavy atom. The second-order valence-corrected chi connectivity index (χ2v) is 15.8. The van der Waals surface area contributed by atoms with Gasteiger partial charge in [-0.25, -0.2) is 0 Å². The van der Waals surface area contributed by atoms with E-state index in [0.717, 1.165) is 0 Å². The lowest BCUT2D eigenvalue weighted by Crippen LogP contribution is -2.56. The van der Waals surface area contributed by atoms with Crippen LogP contribution in [0.2, 0.25) is 0 Å². The Hall–Kier alpha value is -7.11. The van der Waals surface area contributed by atoms with Gasteiger partial charge in [0.15, 0.2) is 0 Å². The Bertz CT molecular complexity index is 1860. The van der Waals surface area contributed by atoms with Crippen LogP contribution in [0.1, 0.15) is 56.7 Å². The first-order chi connectivity index (χ1) is 29.9. The third kappa shape index (κ3) is 15.1. The van der Waals surface area contributed by atoms with Crippen LogP contribution in [0, 0.1) is 17.8 Å². The minimum absolute atomic E-state index is 0.0403. The van der Waals surface area contributed by atoms with Crippen molar-refractivity contribution < 1.29 is 58.5 Å². The van der Waals surface area contributed by atoms with Crippen LogP contribution < -0.4 is 31.9 Å². The molecule has 6 atom stereocenters. The van der Waals surface area contributed by atoms with E-state index < -0.39 is 107 Å². The number of carbonyl (C=O) groups is 9. The van der Waals surface area contributed by atoms with Gasteiger partial charge in [-0.2, -0.15) is 0 Å². The Balaban J connectivity index is 1.67. The normalized spacial score (nSPS) is 18.6. The average Bonchev–Trinajstić information content (AvgIpc) is 3.26. The van der Waals surface area contributed by atoms with Crippen LogP contribution >= 0.6 is 0 Å². The first-order valence-electron chi connectivity index (χ1n) is 20.5. The predicted octanol–water partition coefficient (Wildman–Crippen LogP) is 0.969. The molecule has 0 bridgehead atoms. The molecule has 6 amide bonds.